The fourth-order valence-electron chi connectivity index (χ4n) is 4.38. The molecule has 180 valence electrons. The van der Waals surface area contributed by atoms with E-state index in [4.69, 9.17) is 24.5 Å². The fraction of sp³-hybridized carbons (Fsp3) is 0.478. The van der Waals surface area contributed by atoms with Crippen LogP contribution >= 0.6 is 0 Å². The van der Waals surface area contributed by atoms with E-state index in [2.05, 4.69) is 31.9 Å². The molecule has 1 aromatic carbocycles. The summed E-state index contributed by atoms with van der Waals surface area (Å²) >= 11 is 0. The maximum atomic E-state index is 12.6. The van der Waals surface area contributed by atoms with Crippen LogP contribution in [0.15, 0.2) is 43.0 Å². The van der Waals surface area contributed by atoms with E-state index in [0.29, 0.717) is 6.61 Å². The zero-order chi connectivity index (χ0) is 23.9. The lowest BCUT2D eigenvalue weighted by Gasteiger charge is -2.40. The van der Waals surface area contributed by atoms with Crippen LogP contribution in [0.1, 0.15) is 37.7 Å². The Labute approximate surface area is 193 Å². The zero-order valence-corrected chi connectivity index (χ0v) is 18.6. The molecule has 0 saturated carbocycles. The van der Waals surface area contributed by atoms with Crippen molar-refractivity contribution in [3.8, 4) is 5.75 Å². The summed E-state index contributed by atoms with van der Waals surface area (Å²) in [6, 6.07) is 8.30. The topological polar surface area (TPSA) is 134 Å². The SMILES string of the molecule is O=C1NCCCC12CCCN2Cc1cccc(OCCCn2ccnc2)c1.O=CO.O=CO. The monoisotopic (exact) mass is 460 g/mol. The van der Waals surface area contributed by atoms with Crippen LogP contribution in [-0.4, -0.2) is 68.8 Å². The number of piperidine rings is 1. The third kappa shape index (κ3) is 7.60. The number of ether oxygens (including phenoxy) is 1. The number of amides is 1. The number of nitrogens with zero attached hydrogens (tertiary/aromatic N) is 3. The van der Waals surface area contributed by atoms with E-state index in [1.54, 1.807) is 6.20 Å². The van der Waals surface area contributed by atoms with E-state index in [1.165, 1.54) is 5.56 Å². The van der Waals surface area contributed by atoms with Gasteiger partial charge in [-0.3, -0.25) is 19.3 Å². The summed E-state index contributed by atoms with van der Waals surface area (Å²) in [5, 5.41) is 16.9. The normalized spacial score (nSPS) is 19.5. The average Bonchev–Trinajstić information content (AvgIpc) is 3.46. The second kappa shape index (κ2) is 13.9. The number of likely N-dealkylation sites (tertiary alicyclic amines) is 1. The molecule has 1 spiro atoms. The molecular formula is C23H32N4O6. The predicted molar refractivity (Wildman–Crippen MR) is 121 cm³/mol. The first kappa shape index (κ1) is 25.9. The van der Waals surface area contributed by atoms with Gasteiger partial charge in [-0.25, -0.2) is 4.98 Å². The minimum absolute atomic E-state index is 0.221. The maximum absolute atomic E-state index is 12.6. The van der Waals surface area contributed by atoms with Crippen LogP contribution in [0.5, 0.6) is 5.75 Å². The Balaban J connectivity index is 0.000000582. The van der Waals surface area contributed by atoms with Crippen LogP contribution in [0, 0.1) is 0 Å². The molecule has 4 rings (SSSR count). The molecule has 2 saturated heterocycles. The van der Waals surface area contributed by atoms with Gasteiger partial charge in [0.1, 0.15) is 11.3 Å². The summed E-state index contributed by atoms with van der Waals surface area (Å²) in [5.74, 6) is 1.12. The highest BCUT2D eigenvalue weighted by molar-refractivity contribution is 5.87. The van der Waals surface area contributed by atoms with Crippen LogP contribution in [0.3, 0.4) is 0 Å². The number of carbonyl (C=O) groups excluding carboxylic acids is 1. The van der Waals surface area contributed by atoms with E-state index in [-0.39, 0.29) is 24.4 Å². The molecule has 10 nitrogen and oxygen atoms in total. The lowest BCUT2D eigenvalue weighted by Crippen LogP contribution is -2.58. The summed E-state index contributed by atoms with van der Waals surface area (Å²) < 4.78 is 7.99. The first-order valence-electron chi connectivity index (χ1n) is 11.0. The van der Waals surface area contributed by atoms with Crippen molar-refractivity contribution < 1.29 is 29.3 Å². The third-order valence-electron chi connectivity index (χ3n) is 5.76. The lowest BCUT2D eigenvalue weighted by atomic mass is 9.86. The van der Waals surface area contributed by atoms with Crippen LogP contribution < -0.4 is 10.1 Å². The van der Waals surface area contributed by atoms with Gasteiger partial charge in [-0.2, -0.15) is 0 Å². The molecule has 33 heavy (non-hydrogen) atoms. The average molecular weight is 461 g/mol. The largest absolute Gasteiger partial charge is 0.494 e. The van der Waals surface area contributed by atoms with E-state index < -0.39 is 0 Å². The van der Waals surface area contributed by atoms with Crippen molar-refractivity contribution >= 4 is 18.9 Å². The van der Waals surface area contributed by atoms with Gasteiger partial charge in [0, 0.05) is 32.0 Å². The van der Waals surface area contributed by atoms with Gasteiger partial charge in [-0.15, -0.1) is 0 Å². The highest BCUT2D eigenvalue weighted by Crippen LogP contribution is 2.37. The van der Waals surface area contributed by atoms with Crippen molar-refractivity contribution in [1.82, 2.24) is 19.8 Å². The molecule has 1 aromatic heterocycles. The number of carbonyl (C=O) groups is 3. The van der Waals surface area contributed by atoms with Crippen LogP contribution in [-0.2, 0) is 27.5 Å². The molecule has 0 aliphatic carbocycles. The molecule has 1 unspecified atom stereocenters. The van der Waals surface area contributed by atoms with Crippen molar-refractivity contribution in [2.45, 2.75) is 50.7 Å². The van der Waals surface area contributed by atoms with E-state index >= 15 is 0 Å². The van der Waals surface area contributed by atoms with Gasteiger partial charge in [0.25, 0.3) is 12.9 Å². The molecule has 3 N–H and O–H groups in total. The molecule has 1 amide bonds. The van der Waals surface area contributed by atoms with Crippen molar-refractivity contribution in [2.75, 3.05) is 19.7 Å². The maximum Gasteiger partial charge on any atom is 0.290 e. The second-order valence-corrected chi connectivity index (χ2v) is 7.78. The number of nitrogens with one attached hydrogen (secondary N) is 1. The van der Waals surface area contributed by atoms with E-state index in [9.17, 15) is 4.79 Å². The van der Waals surface area contributed by atoms with Gasteiger partial charge in [0.15, 0.2) is 0 Å². The zero-order valence-electron chi connectivity index (χ0n) is 18.6. The Kier molecular flexibility index (Phi) is 10.9. The number of aryl methyl sites for hydroxylation is 1. The molecule has 1 atom stereocenters. The molecule has 10 heteroatoms. The van der Waals surface area contributed by atoms with E-state index in [0.717, 1.165) is 64.0 Å². The molecule has 2 aromatic rings. The lowest BCUT2D eigenvalue weighted by molar-refractivity contribution is -0.135. The van der Waals surface area contributed by atoms with Gasteiger partial charge < -0.3 is 24.8 Å². The quantitative estimate of drug-likeness (QED) is 0.422. The molecule has 2 aliphatic rings. The van der Waals surface area contributed by atoms with Gasteiger partial charge in [0.2, 0.25) is 5.91 Å². The summed E-state index contributed by atoms with van der Waals surface area (Å²) in [6.07, 6.45) is 10.6. The van der Waals surface area contributed by atoms with Crippen molar-refractivity contribution in [3.05, 3.63) is 48.5 Å². The number of hydrogen-bond donors (Lipinski definition) is 3. The molecule has 0 bridgehead atoms. The van der Waals surface area contributed by atoms with Gasteiger partial charge in [0.05, 0.1) is 12.9 Å². The summed E-state index contributed by atoms with van der Waals surface area (Å²) in [4.78, 5) is 35.7. The Hall–Kier alpha value is -3.40. The Morgan fingerprint density at radius 2 is 1.94 bits per heavy atom. The van der Waals surface area contributed by atoms with Crippen LogP contribution in [0.2, 0.25) is 0 Å². The number of carboxylic acid groups (broad SMARTS) is 2. The van der Waals surface area contributed by atoms with Gasteiger partial charge in [-0.05, 0) is 56.3 Å². The van der Waals surface area contributed by atoms with Crippen molar-refractivity contribution in [3.63, 3.8) is 0 Å². The molecule has 2 aliphatic heterocycles. The number of aromatic nitrogens is 2. The first-order chi connectivity index (χ1) is 16.1. The third-order valence-corrected chi connectivity index (χ3v) is 5.76. The molecule has 0 radical (unpaired) electrons. The second-order valence-electron chi connectivity index (χ2n) is 7.78. The molecule has 3 heterocycles. The van der Waals surface area contributed by atoms with Crippen molar-refractivity contribution in [1.29, 1.82) is 0 Å². The minimum Gasteiger partial charge on any atom is -0.494 e. The molecule has 2 fully saturated rings. The van der Waals surface area contributed by atoms with Crippen molar-refractivity contribution in [2.24, 2.45) is 0 Å². The Morgan fingerprint density at radius 3 is 2.64 bits per heavy atom. The molecular weight excluding hydrogens is 428 g/mol. The highest BCUT2D eigenvalue weighted by atomic mass is 16.5. The summed E-state index contributed by atoms with van der Waals surface area (Å²) in [5.41, 5.74) is 0.918. The Bertz CT molecular complexity index is 854. The number of hydrogen-bond acceptors (Lipinski definition) is 6. The van der Waals surface area contributed by atoms with Crippen LogP contribution in [0.4, 0.5) is 0 Å². The minimum atomic E-state index is -0.292. The number of rotatable bonds is 7. The van der Waals surface area contributed by atoms with Gasteiger partial charge >= 0.3 is 0 Å². The highest BCUT2D eigenvalue weighted by Gasteiger charge is 2.48. The summed E-state index contributed by atoms with van der Waals surface area (Å²) in [6.45, 7) is 3.70. The summed E-state index contributed by atoms with van der Waals surface area (Å²) in [7, 11) is 0. The van der Waals surface area contributed by atoms with E-state index in [1.807, 2.05) is 24.7 Å². The van der Waals surface area contributed by atoms with Gasteiger partial charge in [-0.1, -0.05) is 12.1 Å². The Morgan fingerprint density at radius 1 is 1.18 bits per heavy atom. The number of imidazole rings is 1. The number of benzene rings is 1. The fourth-order valence-corrected chi connectivity index (χ4v) is 4.38. The van der Waals surface area contributed by atoms with Crippen LogP contribution in [0.25, 0.3) is 0 Å². The standard InChI is InChI=1S/C21H28N4O2.2CH2O2/c26-20-21(7-2-9-23-20)8-3-12-25(21)16-18-5-1-6-19(15-18)27-14-4-11-24-13-10-22-17-24;2*2-1-3/h1,5-6,10,13,15,17H,2-4,7-9,11-12,14,16H2,(H,23,26);2*1H,(H,2,3). The smallest absolute Gasteiger partial charge is 0.290 e. The predicted octanol–water partition coefficient (Wildman–Crippen LogP) is 2.00. The first-order valence-corrected chi connectivity index (χ1v) is 11.0.